The van der Waals surface area contributed by atoms with Gasteiger partial charge >= 0.3 is 0 Å². The molecule has 0 atom stereocenters. The molecular formula is C16H24N4O3. The van der Waals surface area contributed by atoms with Gasteiger partial charge in [-0.05, 0) is 51.3 Å². The first-order valence-corrected chi connectivity index (χ1v) is 7.93. The molecule has 1 aromatic rings. The quantitative estimate of drug-likeness (QED) is 0.566. The number of rotatable bonds is 6. The Morgan fingerprint density at radius 1 is 1.22 bits per heavy atom. The van der Waals surface area contributed by atoms with Crippen molar-refractivity contribution in [1.29, 1.82) is 0 Å². The number of nitrogens with one attached hydrogen (secondary N) is 4. The van der Waals surface area contributed by atoms with Crippen molar-refractivity contribution in [2.24, 2.45) is 5.92 Å². The highest BCUT2D eigenvalue weighted by atomic mass is 16.2. The predicted octanol–water partition coefficient (Wildman–Crippen LogP) is 0.290. The van der Waals surface area contributed by atoms with Crippen LogP contribution in [-0.2, 0) is 4.79 Å². The zero-order valence-electron chi connectivity index (χ0n) is 13.6. The first-order chi connectivity index (χ1) is 11.0. The summed E-state index contributed by atoms with van der Waals surface area (Å²) < 4.78 is 0. The van der Waals surface area contributed by atoms with Gasteiger partial charge in [0.2, 0.25) is 5.91 Å². The molecule has 1 fully saturated rings. The Balaban J connectivity index is 1.80. The SMILES string of the molecule is Cc1[nH]c(C=O)c(C)c1C(=O)NCC(=O)NCC1CCNCC1. The van der Waals surface area contributed by atoms with Crippen LogP contribution < -0.4 is 16.0 Å². The van der Waals surface area contributed by atoms with E-state index in [9.17, 15) is 14.4 Å². The topological polar surface area (TPSA) is 103 Å². The van der Waals surface area contributed by atoms with Crippen molar-refractivity contribution in [3.8, 4) is 0 Å². The molecule has 0 saturated carbocycles. The highest BCUT2D eigenvalue weighted by Crippen LogP contribution is 2.16. The third kappa shape index (κ3) is 4.41. The summed E-state index contributed by atoms with van der Waals surface area (Å²) in [5.41, 5.74) is 2.04. The lowest BCUT2D eigenvalue weighted by molar-refractivity contribution is -0.120. The van der Waals surface area contributed by atoms with Gasteiger partial charge in [0.05, 0.1) is 17.8 Å². The van der Waals surface area contributed by atoms with Gasteiger partial charge in [-0.2, -0.15) is 0 Å². The molecule has 23 heavy (non-hydrogen) atoms. The van der Waals surface area contributed by atoms with Crippen molar-refractivity contribution >= 4 is 18.1 Å². The van der Waals surface area contributed by atoms with E-state index in [0.29, 0.717) is 41.3 Å². The van der Waals surface area contributed by atoms with E-state index < -0.39 is 0 Å². The van der Waals surface area contributed by atoms with E-state index in [1.807, 2.05) is 0 Å². The summed E-state index contributed by atoms with van der Waals surface area (Å²) in [5, 5.41) is 8.75. The molecule has 2 amide bonds. The van der Waals surface area contributed by atoms with E-state index in [1.54, 1.807) is 13.8 Å². The Kier molecular flexibility index (Phi) is 5.92. The van der Waals surface area contributed by atoms with Gasteiger partial charge < -0.3 is 20.9 Å². The minimum absolute atomic E-state index is 0.0652. The molecule has 7 heteroatoms. The molecule has 1 aliphatic rings. The third-order valence-electron chi connectivity index (χ3n) is 4.28. The van der Waals surface area contributed by atoms with E-state index in [2.05, 4.69) is 20.9 Å². The number of amides is 2. The van der Waals surface area contributed by atoms with E-state index in [-0.39, 0.29) is 18.4 Å². The van der Waals surface area contributed by atoms with Crippen molar-refractivity contribution in [3.05, 3.63) is 22.5 Å². The Labute approximate surface area is 135 Å². The van der Waals surface area contributed by atoms with Crippen molar-refractivity contribution in [2.45, 2.75) is 26.7 Å². The number of aromatic nitrogens is 1. The number of carbonyl (C=O) groups is 3. The Morgan fingerprint density at radius 2 is 1.91 bits per heavy atom. The summed E-state index contributed by atoms with van der Waals surface area (Å²) in [6, 6.07) is 0. The summed E-state index contributed by atoms with van der Waals surface area (Å²) in [5.74, 6) is -0.0417. The van der Waals surface area contributed by atoms with Gasteiger partial charge in [-0.3, -0.25) is 14.4 Å². The van der Waals surface area contributed by atoms with Crippen LogP contribution in [0.4, 0.5) is 0 Å². The summed E-state index contributed by atoms with van der Waals surface area (Å²) in [4.78, 5) is 37.8. The molecular weight excluding hydrogens is 296 g/mol. The van der Waals surface area contributed by atoms with E-state index in [0.717, 1.165) is 25.9 Å². The standard InChI is InChI=1S/C16H24N4O3/c1-10-13(9-21)20-11(2)15(10)16(23)19-8-14(22)18-7-12-3-5-17-6-4-12/h9,12,17,20H,3-8H2,1-2H3,(H,18,22)(H,19,23). The maximum Gasteiger partial charge on any atom is 0.253 e. The van der Waals surface area contributed by atoms with Crippen LogP contribution in [0.3, 0.4) is 0 Å². The first kappa shape index (κ1) is 17.2. The molecule has 0 unspecified atom stereocenters. The number of H-pyrrole nitrogens is 1. The average molecular weight is 320 g/mol. The van der Waals surface area contributed by atoms with Gasteiger partial charge in [-0.15, -0.1) is 0 Å². The molecule has 2 rings (SSSR count). The first-order valence-electron chi connectivity index (χ1n) is 7.93. The van der Waals surface area contributed by atoms with Gasteiger partial charge in [-0.25, -0.2) is 0 Å². The zero-order valence-corrected chi connectivity index (χ0v) is 13.6. The maximum absolute atomic E-state index is 12.2. The lowest BCUT2D eigenvalue weighted by Crippen LogP contribution is -2.41. The summed E-state index contributed by atoms with van der Waals surface area (Å²) in [7, 11) is 0. The van der Waals surface area contributed by atoms with Crippen molar-refractivity contribution in [1.82, 2.24) is 20.9 Å². The molecule has 0 spiro atoms. The van der Waals surface area contributed by atoms with E-state index in [1.165, 1.54) is 0 Å². The summed E-state index contributed by atoms with van der Waals surface area (Å²) in [6.45, 7) is 5.99. The molecule has 7 nitrogen and oxygen atoms in total. The smallest absolute Gasteiger partial charge is 0.253 e. The van der Waals surface area contributed by atoms with Crippen LogP contribution in [0.15, 0.2) is 0 Å². The number of hydrogen-bond acceptors (Lipinski definition) is 4. The highest BCUT2D eigenvalue weighted by Gasteiger charge is 2.19. The Morgan fingerprint density at radius 3 is 2.52 bits per heavy atom. The molecule has 4 N–H and O–H groups in total. The minimum Gasteiger partial charge on any atom is -0.356 e. The Hall–Kier alpha value is -2.15. The van der Waals surface area contributed by atoms with Crippen LogP contribution >= 0.6 is 0 Å². The largest absolute Gasteiger partial charge is 0.356 e. The summed E-state index contributed by atoms with van der Waals surface area (Å²) in [6.07, 6.45) is 2.80. The van der Waals surface area contributed by atoms with Gasteiger partial charge in [-0.1, -0.05) is 0 Å². The number of piperidine rings is 1. The Bertz CT molecular complexity index is 588. The number of aromatic amines is 1. The lowest BCUT2D eigenvalue weighted by Gasteiger charge is -2.22. The molecule has 0 radical (unpaired) electrons. The highest BCUT2D eigenvalue weighted by molar-refractivity contribution is 6.00. The van der Waals surface area contributed by atoms with Crippen LogP contribution in [0.1, 0.15) is 44.9 Å². The predicted molar refractivity (Wildman–Crippen MR) is 86.6 cm³/mol. The van der Waals surface area contributed by atoms with E-state index in [4.69, 9.17) is 0 Å². The minimum atomic E-state index is -0.346. The van der Waals surface area contributed by atoms with Gasteiger partial charge in [0.15, 0.2) is 6.29 Å². The fraction of sp³-hybridized carbons (Fsp3) is 0.562. The average Bonchev–Trinajstić information content (AvgIpc) is 2.85. The number of carbonyl (C=O) groups excluding carboxylic acids is 3. The molecule has 0 bridgehead atoms. The second kappa shape index (κ2) is 7.92. The molecule has 126 valence electrons. The molecule has 1 aromatic heterocycles. The molecule has 1 aliphatic heterocycles. The lowest BCUT2D eigenvalue weighted by atomic mass is 9.98. The van der Waals surface area contributed by atoms with Gasteiger partial charge in [0.25, 0.3) is 5.91 Å². The normalized spacial score (nSPS) is 15.2. The van der Waals surface area contributed by atoms with Gasteiger partial charge in [0.1, 0.15) is 0 Å². The van der Waals surface area contributed by atoms with Crippen LogP contribution in [0, 0.1) is 19.8 Å². The molecule has 0 aromatic carbocycles. The van der Waals surface area contributed by atoms with Crippen molar-refractivity contribution in [2.75, 3.05) is 26.2 Å². The monoisotopic (exact) mass is 320 g/mol. The fourth-order valence-corrected chi connectivity index (χ4v) is 2.89. The molecule has 1 saturated heterocycles. The van der Waals surface area contributed by atoms with Crippen LogP contribution in [0.25, 0.3) is 0 Å². The number of aldehydes is 1. The fourth-order valence-electron chi connectivity index (χ4n) is 2.89. The third-order valence-corrected chi connectivity index (χ3v) is 4.28. The second-order valence-electron chi connectivity index (χ2n) is 5.96. The number of hydrogen-bond donors (Lipinski definition) is 4. The maximum atomic E-state index is 12.2. The van der Waals surface area contributed by atoms with Gasteiger partial charge in [0, 0.05) is 12.2 Å². The van der Waals surface area contributed by atoms with Crippen LogP contribution in [0.5, 0.6) is 0 Å². The summed E-state index contributed by atoms with van der Waals surface area (Å²) >= 11 is 0. The van der Waals surface area contributed by atoms with E-state index >= 15 is 0 Å². The number of aryl methyl sites for hydroxylation is 1. The molecule has 2 heterocycles. The zero-order chi connectivity index (χ0) is 16.8. The van der Waals surface area contributed by atoms with Crippen LogP contribution in [0.2, 0.25) is 0 Å². The van der Waals surface area contributed by atoms with Crippen LogP contribution in [-0.4, -0.2) is 49.3 Å². The molecule has 0 aliphatic carbocycles. The van der Waals surface area contributed by atoms with Crippen molar-refractivity contribution in [3.63, 3.8) is 0 Å². The van der Waals surface area contributed by atoms with Crippen molar-refractivity contribution < 1.29 is 14.4 Å². The second-order valence-corrected chi connectivity index (χ2v) is 5.96.